The van der Waals surface area contributed by atoms with Crippen LogP contribution in [-0.4, -0.2) is 21.4 Å². The van der Waals surface area contributed by atoms with Crippen molar-refractivity contribution in [1.82, 2.24) is 14.8 Å². The van der Waals surface area contributed by atoms with Gasteiger partial charge in [-0.25, -0.2) is 4.98 Å². The second kappa shape index (κ2) is 14.8. The molecule has 2 heterocycles. The Morgan fingerprint density at radius 1 is 1.14 bits per heavy atom. The molecule has 1 saturated carbocycles. The van der Waals surface area contributed by atoms with Crippen LogP contribution in [0.15, 0.2) is 24.5 Å². The molecule has 0 bridgehead atoms. The Morgan fingerprint density at radius 3 is 2.14 bits per heavy atom. The van der Waals surface area contributed by atoms with Crippen molar-refractivity contribution in [2.75, 3.05) is 5.73 Å². The number of rotatable bonds is 4. The topological polar surface area (TPSA) is 66.0 Å². The lowest BCUT2D eigenvalue weighted by Crippen LogP contribution is -2.06. The highest BCUT2D eigenvalue weighted by Crippen LogP contribution is 2.27. The summed E-state index contributed by atoms with van der Waals surface area (Å²) in [7, 11) is 0. The molecule has 0 amide bonds. The number of ether oxygens (including phenoxy) is 1. The number of aromatic nitrogens is 3. The molecule has 2 N–H and O–H groups in total. The van der Waals surface area contributed by atoms with Crippen LogP contribution in [0.3, 0.4) is 0 Å². The summed E-state index contributed by atoms with van der Waals surface area (Å²) in [6.45, 7) is 11.4. The average Bonchev–Trinajstić information content (AvgIpc) is 3.39. The minimum atomic E-state index is -2.94. The summed E-state index contributed by atoms with van der Waals surface area (Å²) in [5.41, 5.74) is 6.67. The number of hydrogen-bond acceptors (Lipinski definition) is 4. The van der Waals surface area contributed by atoms with Crippen molar-refractivity contribution < 1.29 is 13.5 Å². The summed E-state index contributed by atoms with van der Waals surface area (Å²) in [5.74, 6) is 0.823. The predicted molar refractivity (Wildman–Crippen MR) is 117 cm³/mol. The summed E-state index contributed by atoms with van der Waals surface area (Å²) in [5, 5.41) is 4.32. The first kappa shape index (κ1) is 26.8. The largest absolute Gasteiger partial charge is 0.431 e. The van der Waals surface area contributed by atoms with E-state index in [2.05, 4.69) is 21.7 Å². The Bertz CT molecular complexity index is 669. The number of nitrogen functional groups attached to an aromatic ring is 1. The predicted octanol–water partition coefficient (Wildman–Crippen LogP) is 6.96. The van der Waals surface area contributed by atoms with Crippen molar-refractivity contribution in [3.63, 3.8) is 0 Å². The van der Waals surface area contributed by atoms with Crippen LogP contribution in [0.5, 0.6) is 5.75 Å². The van der Waals surface area contributed by atoms with Gasteiger partial charge >= 0.3 is 6.61 Å². The van der Waals surface area contributed by atoms with Gasteiger partial charge in [0, 0.05) is 24.0 Å². The number of nitrogens with two attached hydrogens (primary N) is 1. The molecular formula is C22H38F2N4O. The maximum Gasteiger partial charge on any atom is 0.387 e. The first-order valence-electron chi connectivity index (χ1n) is 10.6. The minimum absolute atomic E-state index is 0.0765. The van der Waals surface area contributed by atoms with Crippen LogP contribution in [0.1, 0.15) is 80.2 Å². The number of anilines is 1. The van der Waals surface area contributed by atoms with Crippen LogP contribution >= 0.6 is 0 Å². The van der Waals surface area contributed by atoms with Gasteiger partial charge in [0.05, 0.1) is 5.69 Å². The van der Waals surface area contributed by atoms with E-state index in [9.17, 15) is 8.78 Å². The van der Waals surface area contributed by atoms with E-state index in [0.717, 1.165) is 5.92 Å². The van der Waals surface area contributed by atoms with Gasteiger partial charge in [-0.15, -0.1) is 0 Å². The molecule has 0 unspecified atom stereocenters. The molecule has 2 aromatic heterocycles. The van der Waals surface area contributed by atoms with Gasteiger partial charge in [0.2, 0.25) is 0 Å². The quantitative estimate of drug-likeness (QED) is 0.589. The molecule has 7 heteroatoms. The standard InChI is InChI=1S/C12H14F2N4O.C6H12.2C2H6/c1-7(2)18-4-3-9(17-18)8-5-10(19-12(13)14)11(15)16-6-8;1-6-4-2-3-5-6;2*1-2/h3-7,12H,1-2H3,(H2,15,16);6H,2-5H2,1H3;2*1-2H3. The zero-order valence-corrected chi connectivity index (χ0v) is 19.0. The first-order chi connectivity index (χ1) is 13.9. The molecule has 0 aliphatic heterocycles. The number of halogens is 2. The van der Waals surface area contributed by atoms with Gasteiger partial charge in [0.15, 0.2) is 11.6 Å². The van der Waals surface area contributed by atoms with Crippen LogP contribution in [-0.2, 0) is 0 Å². The van der Waals surface area contributed by atoms with E-state index >= 15 is 0 Å². The van der Waals surface area contributed by atoms with Crippen LogP contribution in [0.25, 0.3) is 11.3 Å². The molecule has 3 rings (SSSR count). The van der Waals surface area contributed by atoms with Crippen molar-refractivity contribution in [1.29, 1.82) is 0 Å². The van der Waals surface area contributed by atoms with E-state index in [0.29, 0.717) is 11.3 Å². The van der Waals surface area contributed by atoms with Gasteiger partial charge in [-0.2, -0.15) is 13.9 Å². The molecule has 1 aliphatic carbocycles. The van der Waals surface area contributed by atoms with E-state index in [1.54, 1.807) is 10.7 Å². The molecule has 166 valence electrons. The highest BCUT2D eigenvalue weighted by atomic mass is 19.3. The summed E-state index contributed by atoms with van der Waals surface area (Å²) in [4.78, 5) is 3.83. The highest BCUT2D eigenvalue weighted by molar-refractivity contribution is 5.63. The fraction of sp³-hybridized carbons (Fsp3) is 0.636. The van der Waals surface area contributed by atoms with Gasteiger partial charge in [0.1, 0.15) is 0 Å². The Morgan fingerprint density at radius 2 is 1.72 bits per heavy atom. The zero-order valence-electron chi connectivity index (χ0n) is 19.0. The number of pyridine rings is 1. The molecule has 0 radical (unpaired) electrons. The van der Waals surface area contributed by atoms with Crippen LogP contribution < -0.4 is 10.5 Å². The van der Waals surface area contributed by atoms with E-state index < -0.39 is 6.61 Å². The van der Waals surface area contributed by atoms with Gasteiger partial charge in [-0.3, -0.25) is 4.68 Å². The number of nitrogens with zero attached hydrogens (tertiary/aromatic N) is 3. The Hall–Kier alpha value is -2.18. The molecule has 0 aromatic carbocycles. The zero-order chi connectivity index (χ0) is 22.4. The van der Waals surface area contributed by atoms with E-state index in [1.807, 2.05) is 47.7 Å². The molecular weight excluding hydrogens is 374 g/mol. The maximum absolute atomic E-state index is 12.2. The van der Waals surface area contributed by atoms with Crippen molar-refractivity contribution in [2.24, 2.45) is 5.92 Å². The van der Waals surface area contributed by atoms with Crippen molar-refractivity contribution in [2.45, 2.75) is 86.8 Å². The third kappa shape index (κ3) is 9.72. The monoisotopic (exact) mass is 412 g/mol. The summed E-state index contributed by atoms with van der Waals surface area (Å²) >= 11 is 0. The van der Waals surface area contributed by atoms with Gasteiger partial charge in [-0.05, 0) is 31.9 Å². The molecule has 0 atom stereocenters. The first-order valence-corrected chi connectivity index (χ1v) is 10.6. The molecule has 0 saturated heterocycles. The lowest BCUT2D eigenvalue weighted by Gasteiger charge is -2.08. The van der Waals surface area contributed by atoms with Crippen molar-refractivity contribution >= 4 is 5.82 Å². The minimum Gasteiger partial charge on any atom is -0.431 e. The Balaban J connectivity index is 0.000000654. The Kier molecular flexibility index (Phi) is 13.7. The van der Waals surface area contributed by atoms with Crippen LogP contribution in [0.2, 0.25) is 0 Å². The van der Waals surface area contributed by atoms with Gasteiger partial charge in [-0.1, -0.05) is 60.3 Å². The summed E-state index contributed by atoms with van der Waals surface area (Å²) < 4.78 is 30.5. The molecule has 2 aromatic rings. The normalized spacial score (nSPS) is 13.1. The summed E-state index contributed by atoms with van der Waals surface area (Å²) in [6, 6.07) is 3.40. The van der Waals surface area contributed by atoms with Crippen LogP contribution in [0, 0.1) is 5.92 Å². The molecule has 1 fully saturated rings. The second-order valence-electron chi connectivity index (χ2n) is 6.65. The van der Waals surface area contributed by atoms with E-state index in [1.165, 1.54) is 37.9 Å². The fourth-order valence-electron chi connectivity index (χ4n) is 2.70. The third-order valence-electron chi connectivity index (χ3n) is 4.17. The number of hydrogen-bond donors (Lipinski definition) is 1. The second-order valence-corrected chi connectivity index (χ2v) is 6.65. The Labute approximate surface area is 174 Å². The van der Waals surface area contributed by atoms with E-state index in [-0.39, 0.29) is 17.6 Å². The van der Waals surface area contributed by atoms with Gasteiger partial charge in [0.25, 0.3) is 0 Å². The van der Waals surface area contributed by atoms with Crippen LogP contribution in [0.4, 0.5) is 14.6 Å². The lowest BCUT2D eigenvalue weighted by molar-refractivity contribution is -0.0494. The fourth-order valence-corrected chi connectivity index (χ4v) is 2.70. The smallest absolute Gasteiger partial charge is 0.387 e. The highest BCUT2D eigenvalue weighted by Gasteiger charge is 2.12. The molecule has 0 spiro atoms. The van der Waals surface area contributed by atoms with E-state index in [4.69, 9.17) is 5.73 Å². The van der Waals surface area contributed by atoms with Gasteiger partial charge < -0.3 is 10.5 Å². The SMILES string of the molecule is CC.CC.CC(C)n1ccc(-c2cnc(N)c(OC(F)F)c2)n1.CC1CCCC1. The maximum atomic E-state index is 12.2. The lowest BCUT2D eigenvalue weighted by atomic mass is 10.2. The van der Waals surface area contributed by atoms with Crippen molar-refractivity contribution in [3.05, 3.63) is 24.5 Å². The third-order valence-corrected chi connectivity index (χ3v) is 4.17. The number of alkyl halides is 2. The van der Waals surface area contributed by atoms with Crippen molar-refractivity contribution in [3.8, 4) is 17.0 Å². The molecule has 29 heavy (non-hydrogen) atoms. The molecule has 5 nitrogen and oxygen atoms in total. The molecule has 1 aliphatic rings. The summed E-state index contributed by atoms with van der Waals surface area (Å²) in [6.07, 6.45) is 9.23. The average molecular weight is 413 g/mol.